The summed E-state index contributed by atoms with van der Waals surface area (Å²) in [5, 5.41) is 18.3. The minimum atomic E-state index is -3.46. The molecule has 19 heavy (non-hydrogen) atoms. The van der Waals surface area contributed by atoms with E-state index in [0.717, 1.165) is 19.3 Å². The molecule has 104 valence electrons. The van der Waals surface area contributed by atoms with E-state index in [9.17, 15) is 8.42 Å². The summed E-state index contributed by atoms with van der Waals surface area (Å²) in [7, 11) is -5.03. The Labute approximate surface area is 114 Å². The Morgan fingerprint density at radius 2 is 1.79 bits per heavy atom. The molecule has 1 saturated heterocycles. The highest BCUT2D eigenvalue weighted by Gasteiger charge is 2.26. The molecule has 1 aliphatic heterocycles. The first-order chi connectivity index (χ1) is 8.93. The quantitative estimate of drug-likeness (QED) is 0.756. The van der Waals surface area contributed by atoms with Crippen LogP contribution in [0, 0.1) is 6.92 Å². The Hall–Kier alpha value is -0.885. The van der Waals surface area contributed by atoms with Crippen LogP contribution in [-0.4, -0.2) is 43.0 Å². The van der Waals surface area contributed by atoms with E-state index in [4.69, 9.17) is 10.0 Å². The highest BCUT2D eigenvalue weighted by molar-refractivity contribution is 7.89. The maximum atomic E-state index is 12.4. The van der Waals surface area contributed by atoms with Crippen LogP contribution in [-0.2, 0) is 10.0 Å². The summed E-state index contributed by atoms with van der Waals surface area (Å²) in [5.41, 5.74) is 0.894. The Morgan fingerprint density at radius 1 is 1.16 bits per heavy atom. The third-order valence-electron chi connectivity index (χ3n) is 3.47. The molecule has 0 spiro atoms. The fourth-order valence-electron chi connectivity index (χ4n) is 2.35. The van der Waals surface area contributed by atoms with Gasteiger partial charge in [0.05, 0.1) is 4.90 Å². The van der Waals surface area contributed by atoms with E-state index >= 15 is 0 Å². The van der Waals surface area contributed by atoms with Crippen LogP contribution >= 0.6 is 0 Å². The maximum Gasteiger partial charge on any atom is 0.488 e. The largest absolute Gasteiger partial charge is 0.488 e. The second kappa shape index (κ2) is 5.62. The molecule has 2 rings (SSSR count). The maximum absolute atomic E-state index is 12.4. The van der Waals surface area contributed by atoms with Crippen molar-refractivity contribution in [3.05, 3.63) is 23.8 Å². The Kier molecular flexibility index (Phi) is 4.30. The van der Waals surface area contributed by atoms with Gasteiger partial charge in [-0.15, -0.1) is 0 Å². The van der Waals surface area contributed by atoms with Crippen molar-refractivity contribution in [1.82, 2.24) is 4.31 Å². The van der Waals surface area contributed by atoms with Gasteiger partial charge in [0, 0.05) is 13.1 Å². The van der Waals surface area contributed by atoms with Crippen LogP contribution in [0.2, 0.25) is 0 Å². The number of piperidine rings is 1. The summed E-state index contributed by atoms with van der Waals surface area (Å²) < 4.78 is 26.3. The van der Waals surface area contributed by atoms with Crippen molar-refractivity contribution in [3.8, 4) is 0 Å². The molecule has 0 aliphatic carbocycles. The van der Waals surface area contributed by atoms with Crippen molar-refractivity contribution in [3.63, 3.8) is 0 Å². The number of aryl methyl sites for hydroxylation is 1. The molecule has 7 heteroatoms. The summed E-state index contributed by atoms with van der Waals surface area (Å²) in [5.74, 6) is 0. The van der Waals surface area contributed by atoms with Crippen molar-refractivity contribution in [1.29, 1.82) is 0 Å². The lowest BCUT2D eigenvalue weighted by molar-refractivity contribution is 0.346. The van der Waals surface area contributed by atoms with Crippen molar-refractivity contribution in [2.45, 2.75) is 31.1 Å². The number of rotatable bonds is 3. The van der Waals surface area contributed by atoms with Gasteiger partial charge in [-0.3, -0.25) is 0 Å². The summed E-state index contributed by atoms with van der Waals surface area (Å²) in [6.07, 6.45) is 2.86. The molecule has 2 N–H and O–H groups in total. The number of benzene rings is 1. The summed E-state index contributed by atoms with van der Waals surface area (Å²) in [4.78, 5) is 0.219. The lowest BCUT2D eigenvalue weighted by Crippen LogP contribution is -2.36. The third kappa shape index (κ3) is 3.00. The van der Waals surface area contributed by atoms with Crippen LogP contribution in [0.4, 0.5) is 0 Å². The highest BCUT2D eigenvalue weighted by atomic mass is 32.2. The van der Waals surface area contributed by atoms with Crippen LogP contribution in [0.5, 0.6) is 0 Å². The molecular weight excluding hydrogens is 265 g/mol. The molecule has 0 amide bonds. The molecule has 0 saturated carbocycles. The van der Waals surface area contributed by atoms with Gasteiger partial charge in [-0.2, -0.15) is 4.31 Å². The van der Waals surface area contributed by atoms with Crippen molar-refractivity contribution >= 4 is 22.6 Å². The fourth-order valence-corrected chi connectivity index (χ4v) is 3.96. The topological polar surface area (TPSA) is 77.8 Å². The van der Waals surface area contributed by atoms with Crippen LogP contribution in [0.25, 0.3) is 0 Å². The predicted octanol–water partition coefficient (Wildman–Crippen LogP) is -0.151. The summed E-state index contributed by atoms with van der Waals surface area (Å²) in [6.45, 7) is 2.79. The molecule has 0 atom stereocenters. The average molecular weight is 283 g/mol. The molecule has 0 unspecified atom stereocenters. The first-order valence-electron chi connectivity index (χ1n) is 6.40. The van der Waals surface area contributed by atoms with Crippen molar-refractivity contribution in [2.24, 2.45) is 0 Å². The van der Waals surface area contributed by atoms with Gasteiger partial charge in [0.25, 0.3) is 0 Å². The average Bonchev–Trinajstić information content (AvgIpc) is 2.39. The molecule has 1 aromatic carbocycles. The molecule has 0 radical (unpaired) electrons. The lowest BCUT2D eigenvalue weighted by atomic mass is 9.77. The van der Waals surface area contributed by atoms with Gasteiger partial charge in [-0.25, -0.2) is 8.42 Å². The van der Waals surface area contributed by atoms with Crippen LogP contribution in [0.1, 0.15) is 24.8 Å². The molecule has 0 bridgehead atoms. The molecule has 0 aromatic heterocycles. The Balaban J connectivity index is 2.33. The smallest absolute Gasteiger partial charge is 0.423 e. The van der Waals surface area contributed by atoms with E-state index in [2.05, 4.69) is 0 Å². The first kappa shape index (κ1) is 14.5. The molecular formula is C12H18BNO4S. The zero-order valence-electron chi connectivity index (χ0n) is 10.9. The van der Waals surface area contributed by atoms with Crippen molar-refractivity contribution < 1.29 is 18.5 Å². The van der Waals surface area contributed by atoms with E-state index in [-0.39, 0.29) is 4.90 Å². The van der Waals surface area contributed by atoms with Crippen molar-refractivity contribution in [2.75, 3.05) is 13.1 Å². The monoisotopic (exact) mass is 283 g/mol. The minimum absolute atomic E-state index is 0.219. The Morgan fingerprint density at radius 3 is 2.32 bits per heavy atom. The minimum Gasteiger partial charge on any atom is -0.423 e. The lowest BCUT2D eigenvalue weighted by Gasteiger charge is -2.26. The summed E-state index contributed by atoms with van der Waals surface area (Å²) >= 11 is 0. The van der Waals surface area contributed by atoms with E-state index in [1.165, 1.54) is 22.5 Å². The zero-order valence-corrected chi connectivity index (χ0v) is 11.7. The van der Waals surface area contributed by atoms with E-state index in [0.29, 0.717) is 24.1 Å². The number of hydrogen-bond acceptors (Lipinski definition) is 4. The fraction of sp³-hybridized carbons (Fsp3) is 0.500. The Bertz CT molecular complexity index is 553. The number of sulfonamides is 1. The molecule has 1 aromatic rings. The van der Waals surface area contributed by atoms with Gasteiger partial charge in [-0.1, -0.05) is 18.1 Å². The predicted molar refractivity (Wildman–Crippen MR) is 73.6 cm³/mol. The van der Waals surface area contributed by atoms with E-state index < -0.39 is 17.1 Å². The highest BCUT2D eigenvalue weighted by Crippen LogP contribution is 2.20. The molecule has 5 nitrogen and oxygen atoms in total. The van der Waals surface area contributed by atoms with Gasteiger partial charge in [0.15, 0.2) is 0 Å². The molecule has 1 heterocycles. The van der Waals surface area contributed by atoms with Gasteiger partial charge >= 0.3 is 7.12 Å². The van der Waals surface area contributed by atoms with E-state index in [1.807, 2.05) is 0 Å². The summed E-state index contributed by atoms with van der Waals surface area (Å²) in [6, 6.07) is 4.39. The zero-order chi connectivity index (χ0) is 14.0. The second-order valence-corrected chi connectivity index (χ2v) is 6.79. The molecule has 1 fully saturated rings. The first-order valence-corrected chi connectivity index (χ1v) is 7.84. The molecule has 1 aliphatic rings. The van der Waals surface area contributed by atoms with Gasteiger partial charge in [0.2, 0.25) is 10.0 Å². The van der Waals surface area contributed by atoms with Gasteiger partial charge in [-0.05, 0) is 37.4 Å². The normalized spacial score (nSPS) is 17.4. The standard InChI is InChI=1S/C12H18BNO4S/c1-10-9-11(5-6-12(10)13(15)16)19(17,18)14-7-3-2-4-8-14/h5-6,9,15-16H,2-4,7-8H2,1H3. The second-order valence-electron chi connectivity index (χ2n) is 4.86. The van der Waals surface area contributed by atoms with Gasteiger partial charge in [0.1, 0.15) is 0 Å². The van der Waals surface area contributed by atoms with E-state index in [1.54, 1.807) is 6.92 Å². The number of hydrogen-bond donors (Lipinski definition) is 2. The van der Waals surface area contributed by atoms with Gasteiger partial charge < -0.3 is 10.0 Å². The van der Waals surface area contributed by atoms with Crippen LogP contribution < -0.4 is 5.46 Å². The third-order valence-corrected chi connectivity index (χ3v) is 5.37. The SMILES string of the molecule is Cc1cc(S(=O)(=O)N2CCCCC2)ccc1B(O)O. The number of nitrogens with zero attached hydrogens (tertiary/aromatic N) is 1. The van der Waals surface area contributed by atoms with Crippen LogP contribution in [0.15, 0.2) is 23.1 Å². The van der Waals surface area contributed by atoms with Crippen LogP contribution in [0.3, 0.4) is 0 Å².